The van der Waals surface area contributed by atoms with Gasteiger partial charge >= 0.3 is 11.9 Å². The molecule has 0 saturated carbocycles. The van der Waals surface area contributed by atoms with Gasteiger partial charge in [0.2, 0.25) is 5.76 Å². The first kappa shape index (κ1) is 19.1. The molecule has 1 saturated heterocycles. The summed E-state index contributed by atoms with van der Waals surface area (Å²) in [4.78, 5) is 34.1. The zero-order valence-electron chi connectivity index (χ0n) is 15.4. The Bertz CT molecular complexity index is 1110. The molecule has 2 aromatic heterocycles. The predicted molar refractivity (Wildman–Crippen MR) is 99.0 cm³/mol. The average Bonchev–Trinajstić information content (AvgIpc) is 3.24. The summed E-state index contributed by atoms with van der Waals surface area (Å²) in [6, 6.07) is 4.21. The normalized spacial score (nSPS) is 17.7. The highest BCUT2D eigenvalue weighted by atomic mass is 19.4. The number of carbonyl (C=O) groups is 1. The monoisotopic (exact) mass is 409 g/mol. The van der Waals surface area contributed by atoms with Gasteiger partial charge in [0.15, 0.2) is 5.69 Å². The molecular weight excluding hydrogens is 391 g/mol. The number of oxazole rings is 1. The molecule has 3 N–H and O–H groups in total. The lowest BCUT2D eigenvalue weighted by Gasteiger charge is -2.29. The van der Waals surface area contributed by atoms with Crippen LogP contribution in [0.1, 0.15) is 36.0 Å². The van der Waals surface area contributed by atoms with Crippen molar-refractivity contribution in [1.29, 1.82) is 0 Å². The Morgan fingerprint density at radius 1 is 1.31 bits per heavy atom. The molecule has 0 spiro atoms. The molecule has 29 heavy (non-hydrogen) atoms. The number of aromatic amines is 2. The second-order valence-corrected chi connectivity index (χ2v) is 7.16. The lowest BCUT2D eigenvalue weighted by Crippen LogP contribution is -2.34. The minimum absolute atomic E-state index is 0.204. The summed E-state index contributed by atoms with van der Waals surface area (Å²) < 4.78 is 45.6. The Morgan fingerprint density at radius 3 is 2.79 bits per heavy atom. The highest BCUT2D eigenvalue weighted by molar-refractivity contribution is 6.04. The standard InChI is InChI=1S/C18H18F3N5O3/c1-9-3-2-6-26(8-9)17-25-14(18(19,20)21)13(29-17)15(27)22-10-4-5-11-12(7-10)24-16(28)23-11/h4-5,7,9H,2-3,6,8H2,1H3,(H,22,27)(H2,23,24,28). The number of nitrogens with one attached hydrogen (secondary N) is 3. The Morgan fingerprint density at radius 2 is 2.07 bits per heavy atom. The summed E-state index contributed by atoms with van der Waals surface area (Å²) >= 11 is 0. The molecule has 1 aliphatic rings. The van der Waals surface area contributed by atoms with Crippen molar-refractivity contribution in [3.8, 4) is 0 Å². The van der Waals surface area contributed by atoms with E-state index in [4.69, 9.17) is 4.42 Å². The number of alkyl halides is 3. The zero-order chi connectivity index (χ0) is 20.8. The Hall–Kier alpha value is -3.24. The van der Waals surface area contributed by atoms with E-state index in [1.54, 1.807) is 4.90 Å². The molecule has 3 heterocycles. The second kappa shape index (κ2) is 6.98. The summed E-state index contributed by atoms with van der Waals surface area (Å²) in [5.41, 5.74) is -0.678. The number of imidazole rings is 1. The highest BCUT2D eigenvalue weighted by Gasteiger charge is 2.42. The van der Waals surface area contributed by atoms with Gasteiger partial charge in [-0.25, -0.2) is 4.79 Å². The van der Waals surface area contributed by atoms with Gasteiger partial charge in [0, 0.05) is 18.8 Å². The van der Waals surface area contributed by atoms with Crippen LogP contribution in [0.4, 0.5) is 24.9 Å². The van der Waals surface area contributed by atoms with E-state index < -0.39 is 29.2 Å². The van der Waals surface area contributed by atoms with E-state index in [0.29, 0.717) is 24.1 Å². The number of nitrogens with zero attached hydrogens (tertiary/aromatic N) is 2. The number of piperidine rings is 1. The first-order chi connectivity index (χ1) is 13.7. The van der Waals surface area contributed by atoms with Crippen LogP contribution in [0.2, 0.25) is 0 Å². The zero-order valence-corrected chi connectivity index (χ0v) is 15.4. The van der Waals surface area contributed by atoms with Crippen LogP contribution in [-0.2, 0) is 6.18 Å². The SMILES string of the molecule is CC1CCCN(c2nc(C(F)(F)F)c(C(=O)Nc3ccc4[nH]c(=O)[nH]c4c3)o2)C1. The molecule has 1 amide bonds. The number of hydrogen-bond donors (Lipinski definition) is 3. The molecule has 3 aromatic rings. The van der Waals surface area contributed by atoms with E-state index in [1.807, 2.05) is 6.92 Å². The van der Waals surface area contributed by atoms with Gasteiger partial charge in [0.1, 0.15) is 0 Å². The maximum atomic E-state index is 13.5. The fourth-order valence-electron chi connectivity index (χ4n) is 3.45. The van der Waals surface area contributed by atoms with E-state index >= 15 is 0 Å². The minimum atomic E-state index is -4.84. The highest BCUT2D eigenvalue weighted by Crippen LogP contribution is 2.35. The van der Waals surface area contributed by atoms with Gasteiger partial charge in [-0.05, 0) is 37.0 Å². The van der Waals surface area contributed by atoms with E-state index in [2.05, 4.69) is 20.3 Å². The third-order valence-electron chi connectivity index (χ3n) is 4.79. The van der Waals surface area contributed by atoms with Crippen molar-refractivity contribution in [2.24, 2.45) is 5.92 Å². The van der Waals surface area contributed by atoms with Crippen LogP contribution < -0.4 is 15.9 Å². The van der Waals surface area contributed by atoms with Crippen molar-refractivity contribution in [3.05, 3.63) is 40.1 Å². The summed E-state index contributed by atoms with van der Waals surface area (Å²) in [5.74, 6) is -1.68. The molecule has 8 nitrogen and oxygen atoms in total. The van der Waals surface area contributed by atoms with Crippen molar-refractivity contribution in [1.82, 2.24) is 15.0 Å². The lowest BCUT2D eigenvalue weighted by atomic mass is 10.0. The number of rotatable bonds is 3. The van der Waals surface area contributed by atoms with Gasteiger partial charge in [-0.2, -0.15) is 18.2 Å². The summed E-state index contributed by atoms with van der Waals surface area (Å²) in [6.07, 6.45) is -3.06. The Balaban J connectivity index is 1.64. The maximum absolute atomic E-state index is 13.5. The van der Waals surface area contributed by atoms with Gasteiger partial charge in [0.05, 0.1) is 11.0 Å². The van der Waals surface area contributed by atoms with Gasteiger partial charge in [0.25, 0.3) is 11.9 Å². The first-order valence-electron chi connectivity index (χ1n) is 9.07. The largest absolute Gasteiger partial charge is 0.437 e. The molecule has 11 heteroatoms. The van der Waals surface area contributed by atoms with Crippen molar-refractivity contribution < 1.29 is 22.4 Å². The topological polar surface area (TPSA) is 107 Å². The van der Waals surface area contributed by atoms with Crippen LogP contribution in [0.15, 0.2) is 27.4 Å². The van der Waals surface area contributed by atoms with Crippen LogP contribution in [0.5, 0.6) is 0 Å². The molecule has 1 unspecified atom stereocenters. The predicted octanol–water partition coefficient (Wildman–Crippen LogP) is 3.35. The van der Waals surface area contributed by atoms with Gasteiger partial charge < -0.3 is 24.6 Å². The van der Waals surface area contributed by atoms with Crippen molar-refractivity contribution in [2.75, 3.05) is 23.3 Å². The molecule has 154 valence electrons. The summed E-state index contributed by atoms with van der Waals surface area (Å²) in [5, 5.41) is 2.37. The molecule has 0 aliphatic carbocycles. The minimum Gasteiger partial charge on any atom is -0.417 e. The Labute approximate surface area is 162 Å². The van der Waals surface area contributed by atoms with Crippen molar-refractivity contribution >= 4 is 28.6 Å². The molecule has 1 atom stereocenters. The quantitative estimate of drug-likeness (QED) is 0.615. The molecule has 0 bridgehead atoms. The van der Waals surface area contributed by atoms with Crippen LogP contribution >= 0.6 is 0 Å². The summed E-state index contributed by atoms with van der Waals surface area (Å²) in [7, 11) is 0. The first-order valence-corrected chi connectivity index (χ1v) is 9.07. The van der Waals surface area contributed by atoms with Gasteiger partial charge in [-0.1, -0.05) is 6.92 Å². The van der Waals surface area contributed by atoms with Gasteiger partial charge in [-0.15, -0.1) is 0 Å². The van der Waals surface area contributed by atoms with E-state index in [0.717, 1.165) is 12.8 Å². The number of fused-ring (bicyclic) bond motifs is 1. The van der Waals surface area contributed by atoms with E-state index in [-0.39, 0.29) is 17.6 Å². The van der Waals surface area contributed by atoms with Gasteiger partial charge in [-0.3, -0.25) is 4.79 Å². The van der Waals surface area contributed by atoms with Crippen LogP contribution in [0.25, 0.3) is 11.0 Å². The smallest absolute Gasteiger partial charge is 0.417 e. The van der Waals surface area contributed by atoms with Crippen molar-refractivity contribution in [3.63, 3.8) is 0 Å². The number of amides is 1. The number of anilines is 2. The fourth-order valence-corrected chi connectivity index (χ4v) is 3.45. The summed E-state index contributed by atoms with van der Waals surface area (Å²) in [6.45, 7) is 3.02. The van der Waals surface area contributed by atoms with Crippen LogP contribution in [0, 0.1) is 5.92 Å². The number of halogens is 3. The number of carbonyl (C=O) groups excluding carboxylic acids is 1. The maximum Gasteiger partial charge on any atom is 0.437 e. The van der Waals surface area contributed by atoms with Crippen molar-refractivity contribution in [2.45, 2.75) is 25.9 Å². The molecule has 1 aliphatic heterocycles. The molecule has 0 radical (unpaired) electrons. The van der Waals surface area contributed by atoms with E-state index in [9.17, 15) is 22.8 Å². The number of benzene rings is 1. The average molecular weight is 409 g/mol. The molecule has 4 rings (SSSR count). The van der Waals surface area contributed by atoms with E-state index in [1.165, 1.54) is 18.2 Å². The number of H-pyrrole nitrogens is 2. The molecule has 1 fully saturated rings. The lowest BCUT2D eigenvalue weighted by molar-refractivity contribution is -0.141. The molecular formula is C18H18F3N5O3. The number of aromatic nitrogens is 3. The number of hydrogen-bond acceptors (Lipinski definition) is 5. The van der Waals surface area contributed by atoms with Crippen LogP contribution in [0.3, 0.4) is 0 Å². The Kier molecular flexibility index (Phi) is 4.59. The molecule has 1 aromatic carbocycles. The third kappa shape index (κ3) is 3.84. The fraction of sp³-hybridized carbons (Fsp3) is 0.389. The third-order valence-corrected chi connectivity index (χ3v) is 4.79. The van der Waals surface area contributed by atoms with Crippen LogP contribution in [-0.4, -0.2) is 33.9 Å². The second-order valence-electron chi connectivity index (χ2n) is 7.16.